The molecule has 2 amide bonds. The molecule has 0 radical (unpaired) electrons. The van der Waals surface area contributed by atoms with Crippen LogP contribution in [-0.2, 0) is 14.9 Å². The number of carbonyl (C=O) groups is 2. The fourth-order valence-corrected chi connectivity index (χ4v) is 6.31. The molecule has 39 heavy (non-hydrogen) atoms. The van der Waals surface area contributed by atoms with Crippen molar-refractivity contribution in [2.75, 3.05) is 13.2 Å². The Labute approximate surface area is 231 Å². The minimum atomic E-state index is -0.693. The van der Waals surface area contributed by atoms with E-state index in [4.69, 9.17) is 10.5 Å². The molecule has 3 aromatic carbocycles. The fraction of sp³-hybridized carbons (Fsp3) is 0.364. The van der Waals surface area contributed by atoms with Gasteiger partial charge in [0.15, 0.2) is 12.1 Å². The van der Waals surface area contributed by atoms with Crippen molar-refractivity contribution in [3.63, 3.8) is 0 Å². The monoisotopic (exact) mass is 524 g/mol. The van der Waals surface area contributed by atoms with Crippen LogP contribution >= 0.6 is 0 Å². The van der Waals surface area contributed by atoms with Crippen molar-refractivity contribution in [1.82, 2.24) is 0 Å². The Hall–Kier alpha value is -3.95. The number of amides is 2. The third-order valence-corrected chi connectivity index (χ3v) is 8.34. The van der Waals surface area contributed by atoms with Crippen LogP contribution in [0.5, 0.6) is 0 Å². The van der Waals surface area contributed by atoms with Crippen LogP contribution in [0.2, 0.25) is 0 Å². The molecule has 3 aromatic rings. The van der Waals surface area contributed by atoms with Crippen molar-refractivity contribution in [3.8, 4) is 6.07 Å². The van der Waals surface area contributed by atoms with Crippen LogP contribution in [0.4, 0.5) is 4.79 Å². The molecule has 1 aliphatic heterocycles. The van der Waals surface area contributed by atoms with Crippen LogP contribution in [-0.4, -0.2) is 35.7 Å². The van der Waals surface area contributed by atoms with Crippen LogP contribution in [0.15, 0.2) is 91.0 Å². The predicted octanol–water partition coefficient (Wildman–Crippen LogP) is 6.27. The third kappa shape index (κ3) is 5.46. The van der Waals surface area contributed by atoms with Crippen LogP contribution in [0.3, 0.4) is 0 Å². The van der Waals surface area contributed by atoms with Gasteiger partial charge in [-0.2, -0.15) is 10.1 Å². The lowest BCUT2D eigenvalue weighted by Crippen LogP contribution is -2.62. The maximum absolute atomic E-state index is 14.1. The van der Waals surface area contributed by atoms with E-state index < -0.39 is 29.5 Å². The van der Waals surface area contributed by atoms with Crippen LogP contribution in [0, 0.1) is 17.2 Å². The quantitative estimate of drug-likeness (QED) is 0.250. The molecule has 1 aliphatic rings. The fourth-order valence-electron chi connectivity index (χ4n) is 6.31. The van der Waals surface area contributed by atoms with E-state index in [1.807, 2.05) is 91.0 Å². The average Bonchev–Trinajstić information content (AvgIpc) is 3.41. The van der Waals surface area contributed by atoms with E-state index >= 15 is 0 Å². The number of quaternary nitrogens is 1. The zero-order valence-corrected chi connectivity index (χ0v) is 22.8. The Morgan fingerprint density at radius 2 is 1.51 bits per heavy atom. The number of carbonyl (C=O) groups excluding carboxylic acids is 2. The zero-order valence-electron chi connectivity index (χ0n) is 22.8. The topological polar surface area (TPSA) is 93.2 Å². The minimum absolute atomic E-state index is 0.0809. The Morgan fingerprint density at radius 3 is 2.00 bits per heavy atom. The molecular formula is C33H38N3O3+. The van der Waals surface area contributed by atoms with Gasteiger partial charge in [0.25, 0.3) is 5.91 Å². The van der Waals surface area contributed by atoms with Gasteiger partial charge >= 0.3 is 6.09 Å². The molecule has 3 atom stereocenters. The number of likely N-dealkylation sites (tertiary alicyclic amines) is 1. The molecule has 6 nitrogen and oxygen atoms in total. The summed E-state index contributed by atoms with van der Waals surface area (Å²) in [6.07, 6.45) is 1.85. The SMILES string of the molecule is CC(C)C(C#N)(CCCOC(=O)[N@@+]1(C(c2ccccc2)c2ccccc2)CCCC1C(N)=O)c1ccccc1. The lowest BCUT2D eigenvalue weighted by Gasteiger charge is -2.41. The average molecular weight is 525 g/mol. The van der Waals surface area contributed by atoms with Crippen molar-refractivity contribution < 1.29 is 18.8 Å². The molecule has 1 fully saturated rings. The number of nitrogens with zero attached hydrogens (tertiary/aromatic N) is 2. The Morgan fingerprint density at radius 1 is 0.974 bits per heavy atom. The summed E-state index contributed by atoms with van der Waals surface area (Å²) >= 11 is 0. The van der Waals surface area contributed by atoms with Crippen LogP contribution < -0.4 is 5.73 Å². The second-order valence-corrected chi connectivity index (χ2v) is 10.8. The first-order valence-electron chi connectivity index (χ1n) is 13.8. The normalized spacial score (nSPS) is 20.3. The molecule has 0 saturated carbocycles. The maximum atomic E-state index is 14.1. The Kier molecular flexibility index (Phi) is 8.83. The molecule has 1 heterocycles. The summed E-state index contributed by atoms with van der Waals surface area (Å²) in [5.74, 6) is -0.411. The summed E-state index contributed by atoms with van der Waals surface area (Å²) < 4.78 is 5.82. The number of ether oxygens (including phenoxy) is 1. The summed E-state index contributed by atoms with van der Waals surface area (Å²) in [7, 11) is 0. The highest BCUT2D eigenvalue weighted by molar-refractivity contribution is 5.81. The third-order valence-electron chi connectivity index (χ3n) is 8.34. The zero-order chi connectivity index (χ0) is 27.9. The van der Waals surface area contributed by atoms with E-state index in [2.05, 4.69) is 19.9 Å². The number of hydrogen-bond donors (Lipinski definition) is 1. The van der Waals surface area contributed by atoms with Gasteiger partial charge < -0.3 is 10.5 Å². The summed E-state index contributed by atoms with van der Waals surface area (Å²) in [5.41, 5.74) is 8.09. The predicted molar refractivity (Wildman–Crippen MR) is 151 cm³/mol. The first-order chi connectivity index (χ1) is 18.9. The second-order valence-electron chi connectivity index (χ2n) is 10.8. The van der Waals surface area contributed by atoms with Crippen LogP contribution in [0.25, 0.3) is 0 Å². The second kappa shape index (κ2) is 12.3. The minimum Gasteiger partial charge on any atom is -0.420 e. The highest BCUT2D eigenvalue weighted by atomic mass is 16.6. The molecule has 0 spiro atoms. The molecule has 0 bridgehead atoms. The first-order valence-corrected chi connectivity index (χ1v) is 13.8. The lowest BCUT2D eigenvalue weighted by molar-refractivity contribution is -0.885. The molecule has 1 saturated heterocycles. The van der Waals surface area contributed by atoms with Gasteiger partial charge in [-0.3, -0.25) is 4.79 Å². The van der Waals surface area contributed by atoms with E-state index in [1.54, 1.807) is 0 Å². The number of hydrogen-bond acceptors (Lipinski definition) is 4. The van der Waals surface area contributed by atoms with E-state index in [-0.39, 0.29) is 17.0 Å². The van der Waals surface area contributed by atoms with Gasteiger partial charge in [-0.25, -0.2) is 4.48 Å². The largest absolute Gasteiger partial charge is 0.517 e. The summed E-state index contributed by atoms with van der Waals surface area (Å²) in [4.78, 5) is 26.9. The van der Waals surface area contributed by atoms with Gasteiger partial charge in [0, 0.05) is 24.0 Å². The number of benzene rings is 3. The van der Waals surface area contributed by atoms with Crippen molar-refractivity contribution >= 4 is 12.0 Å². The number of nitriles is 1. The molecule has 202 valence electrons. The summed E-state index contributed by atoms with van der Waals surface area (Å²) in [5, 5.41) is 10.2. The van der Waals surface area contributed by atoms with E-state index in [0.29, 0.717) is 32.2 Å². The first kappa shape index (κ1) is 28.1. The van der Waals surface area contributed by atoms with Gasteiger partial charge in [-0.1, -0.05) is 105 Å². The number of rotatable bonds is 10. The Bertz CT molecular complexity index is 1250. The van der Waals surface area contributed by atoms with Gasteiger partial charge in [0.2, 0.25) is 0 Å². The molecular weight excluding hydrogens is 486 g/mol. The smallest absolute Gasteiger partial charge is 0.420 e. The highest BCUT2D eigenvalue weighted by Crippen LogP contribution is 2.44. The van der Waals surface area contributed by atoms with Crippen molar-refractivity contribution in [2.45, 2.75) is 57.0 Å². The number of primary amides is 1. The van der Waals surface area contributed by atoms with Crippen LogP contribution in [0.1, 0.15) is 62.3 Å². The highest BCUT2D eigenvalue weighted by Gasteiger charge is 2.58. The molecule has 2 N–H and O–H groups in total. The van der Waals surface area contributed by atoms with E-state index in [1.165, 1.54) is 0 Å². The molecule has 6 heteroatoms. The lowest BCUT2D eigenvalue weighted by atomic mass is 9.70. The van der Waals surface area contributed by atoms with E-state index in [0.717, 1.165) is 16.7 Å². The van der Waals surface area contributed by atoms with Crippen molar-refractivity contribution in [1.29, 1.82) is 5.26 Å². The summed E-state index contributed by atoms with van der Waals surface area (Å²) in [6, 6.07) is 30.9. The van der Waals surface area contributed by atoms with Gasteiger partial charge in [0.05, 0.1) is 24.6 Å². The van der Waals surface area contributed by atoms with Gasteiger partial charge in [-0.15, -0.1) is 0 Å². The van der Waals surface area contributed by atoms with Crippen molar-refractivity contribution in [3.05, 3.63) is 108 Å². The maximum Gasteiger partial charge on any atom is 0.517 e. The van der Waals surface area contributed by atoms with Gasteiger partial charge in [0.1, 0.15) is 0 Å². The van der Waals surface area contributed by atoms with E-state index in [9.17, 15) is 14.9 Å². The molecule has 2 unspecified atom stereocenters. The molecule has 0 aromatic heterocycles. The molecule has 4 rings (SSSR count). The summed E-state index contributed by atoms with van der Waals surface area (Å²) in [6.45, 7) is 4.71. The molecule has 0 aliphatic carbocycles. The van der Waals surface area contributed by atoms with Gasteiger partial charge in [-0.05, 0) is 24.3 Å². The number of nitrogens with two attached hydrogens (primary N) is 1. The standard InChI is InChI=1S/C33H37N3O3/c1-25(2)33(24-34,28-18-10-5-11-19-28)21-13-23-39-32(38)36(22-12-20-29(36)31(35)37)30(26-14-6-3-7-15-26)27-16-8-4-9-17-27/h3-11,14-19,25,29-30H,12-13,20-23H2,1-2H3,(H-,35,37)/p+1/t29?,33?,36-/m0/s1. The van der Waals surface area contributed by atoms with Crippen molar-refractivity contribution in [2.24, 2.45) is 11.7 Å². The Balaban J connectivity index is 1.63.